The van der Waals surface area contributed by atoms with Crippen molar-refractivity contribution in [3.63, 3.8) is 0 Å². The van der Waals surface area contributed by atoms with Gasteiger partial charge in [-0.1, -0.05) is 11.6 Å². The summed E-state index contributed by atoms with van der Waals surface area (Å²) in [7, 11) is -2.02. The fraction of sp³-hybridized carbons (Fsp3) is 0.250. The largest absolute Gasteiger partial charge is 0.318 e. The first-order chi connectivity index (χ1) is 9.92. The van der Waals surface area contributed by atoms with Crippen LogP contribution in [0.2, 0.25) is 5.02 Å². The van der Waals surface area contributed by atoms with Gasteiger partial charge in [-0.2, -0.15) is 5.10 Å². The van der Waals surface area contributed by atoms with Gasteiger partial charge in [0, 0.05) is 12.7 Å². The van der Waals surface area contributed by atoms with E-state index in [-0.39, 0.29) is 15.6 Å². The highest BCUT2D eigenvalue weighted by Crippen LogP contribution is 2.25. The summed E-state index contributed by atoms with van der Waals surface area (Å²) in [6, 6.07) is 3.43. The van der Waals surface area contributed by atoms with E-state index in [9.17, 15) is 12.8 Å². The third-order valence-corrected chi connectivity index (χ3v) is 4.32. The molecule has 0 aliphatic heterocycles. The molecule has 0 spiro atoms. The monoisotopic (exact) mass is 332 g/mol. The van der Waals surface area contributed by atoms with Crippen LogP contribution in [0.1, 0.15) is 0 Å². The van der Waals surface area contributed by atoms with Crippen molar-refractivity contribution in [2.24, 2.45) is 0 Å². The Balaban J connectivity index is 2.19. The Hall–Kier alpha value is -1.64. The normalized spacial score (nSPS) is 11.6. The van der Waals surface area contributed by atoms with Crippen molar-refractivity contribution in [2.45, 2.75) is 11.4 Å². The van der Waals surface area contributed by atoms with E-state index in [0.717, 1.165) is 12.1 Å². The van der Waals surface area contributed by atoms with Crippen molar-refractivity contribution in [1.29, 1.82) is 0 Å². The Labute approximate surface area is 127 Å². The van der Waals surface area contributed by atoms with Crippen molar-refractivity contribution < 1.29 is 12.8 Å². The zero-order valence-electron chi connectivity index (χ0n) is 11.2. The molecule has 0 amide bonds. The average Bonchev–Trinajstić information content (AvgIpc) is 2.89. The van der Waals surface area contributed by atoms with Crippen LogP contribution in [0.25, 0.3) is 0 Å². The van der Waals surface area contributed by atoms with E-state index in [1.165, 1.54) is 23.1 Å². The van der Waals surface area contributed by atoms with Crippen LogP contribution < -0.4 is 10.0 Å². The maximum absolute atomic E-state index is 12.9. The van der Waals surface area contributed by atoms with E-state index in [1.54, 1.807) is 7.05 Å². The van der Waals surface area contributed by atoms with E-state index < -0.39 is 15.8 Å². The minimum absolute atomic E-state index is 0.0128. The van der Waals surface area contributed by atoms with Gasteiger partial charge in [-0.25, -0.2) is 12.8 Å². The standard InChI is InChI=1S/C12H14ClFN4O2S/c1-15-4-5-18-8-10(7-16-18)21(19,20)17-12-3-2-9(14)6-11(12)13/h2-3,6-8,15,17H,4-5H2,1H3. The van der Waals surface area contributed by atoms with E-state index in [2.05, 4.69) is 15.1 Å². The zero-order valence-corrected chi connectivity index (χ0v) is 12.7. The molecule has 2 N–H and O–H groups in total. The van der Waals surface area contributed by atoms with E-state index >= 15 is 0 Å². The first-order valence-electron chi connectivity index (χ1n) is 6.07. The molecule has 1 heterocycles. The third kappa shape index (κ3) is 3.93. The van der Waals surface area contributed by atoms with Crippen LogP contribution in [0.5, 0.6) is 0 Å². The molecular weight excluding hydrogens is 319 g/mol. The lowest BCUT2D eigenvalue weighted by molar-refractivity contribution is 0.582. The molecule has 1 aromatic carbocycles. The summed E-state index contributed by atoms with van der Waals surface area (Å²) >= 11 is 5.80. The van der Waals surface area contributed by atoms with Crippen LogP contribution in [0.15, 0.2) is 35.5 Å². The summed E-state index contributed by atoms with van der Waals surface area (Å²) in [6.07, 6.45) is 2.66. The smallest absolute Gasteiger partial charge is 0.265 e. The van der Waals surface area contributed by atoms with Gasteiger partial charge in [0.15, 0.2) is 0 Å². The Morgan fingerprint density at radius 2 is 2.19 bits per heavy atom. The van der Waals surface area contributed by atoms with Crippen molar-refractivity contribution >= 4 is 27.3 Å². The first kappa shape index (κ1) is 15.7. The number of halogens is 2. The fourth-order valence-electron chi connectivity index (χ4n) is 1.61. The number of likely N-dealkylation sites (N-methyl/N-ethyl adjacent to an activating group) is 1. The summed E-state index contributed by atoms with van der Waals surface area (Å²) in [5, 5.41) is 6.89. The molecule has 0 fully saturated rings. The van der Waals surface area contributed by atoms with Crippen molar-refractivity contribution in [3.05, 3.63) is 41.4 Å². The van der Waals surface area contributed by atoms with E-state index in [0.29, 0.717) is 13.1 Å². The molecular formula is C12H14ClFN4O2S. The van der Waals surface area contributed by atoms with Crippen LogP contribution >= 0.6 is 11.6 Å². The number of rotatable bonds is 6. The second-order valence-corrected chi connectivity index (χ2v) is 6.36. The van der Waals surface area contributed by atoms with Crippen molar-refractivity contribution in [1.82, 2.24) is 15.1 Å². The Kier molecular flexibility index (Phi) is 4.81. The quantitative estimate of drug-likeness (QED) is 0.844. The fourth-order valence-corrected chi connectivity index (χ4v) is 2.91. The second-order valence-electron chi connectivity index (χ2n) is 4.27. The van der Waals surface area contributed by atoms with Gasteiger partial charge in [-0.05, 0) is 25.2 Å². The van der Waals surface area contributed by atoms with Gasteiger partial charge in [0.2, 0.25) is 0 Å². The Bertz CT molecular complexity index is 733. The van der Waals surface area contributed by atoms with Crippen LogP contribution in [-0.2, 0) is 16.6 Å². The molecule has 0 unspecified atom stereocenters. The predicted octanol–water partition coefficient (Wildman–Crippen LogP) is 1.70. The lowest BCUT2D eigenvalue weighted by Crippen LogP contribution is -2.15. The maximum atomic E-state index is 12.9. The average molecular weight is 333 g/mol. The number of anilines is 1. The number of nitrogens with zero attached hydrogens (tertiary/aromatic N) is 2. The molecule has 114 valence electrons. The van der Waals surface area contributed by atoms with E-state index in [1.807, 2.05) is 0 Å². The number of aromatic nitrogens is 2. The molecule has 0 atom stereocenters. The van der Waals surface area contributed by atoms with Crippen LogP contribution in [0, 0.1) is 5.82 Å². The summed E-state index contributed by atoms with van der Waals surface area (Å²) in [6.45, 7) is 1.21. The minimum Gasteiger partial charge on any atom is -0.318 e. The molecule has 2 aromatic rings. The number of benzene rings is 1. The number of sulfonamides is 1. The molecule has 1 aromatic heterocycles. The highest BCUT2D eigenvalue weighted by Gasteiger charge is 2.18. The lowest BCUT2D eigenvalue weighted by atomic mass is 10.3. The molecule has 0 aliphatic carbocycles. The number of nitrogens with one attached hydrogen (secondary N) is 2. The molecule has 0 radical (unpaired) electrons. The highest BCUT2D eigenvalue weighted by atomic mass is 35.5. The predicted molar refractivity (Wildman–Crippen MR) is 78.4 cm³/mol. The zero-order chi connectivity index (χ0) is 15.5. The molecule has 9 heteroatoms. The third-order valence-electron chi connectivity index (χ3n) is 2.69. The molecule has 21 heavy (non-hydrogen) atoms. The molecule has 0 saturated carbocycles. The molecule has 6 nitrogen and oxygen atoms in total. The SMILES string of the molecule is CNCCn1cc(S(=O)(=O)Nc2ccc(F)cc2Cl)cn1. The van der Waals surface area contributed by atoms with Gasteiger partial charge in [0.05, 0.1) is 23.5 Å². The Morgan fingerprint density at radius 1 is 1.43 bits per heavy atom. The summed E-state index contributed by atoms with van der Waals surface area (Å²) in [5.41, 5.74) is 0.112. The van der Waals surface area contributed by atoms with Gasteiger partial charge in [-0.3, -0.25) is 9.40 Å². The summed E-state index contributed by atoms with van der Waals surface area (Å²) in [5.74, 6) is -0.539. The maximum Gasteiger partial charge on any atom is 0.265 e. The van der Waals surface area contributed by atoms with E-state index in [4.69, 9.17) is 11.6 Å². The van der Waals surface area contributed by atoms with Crippen molar-refractivity contribution in [2.75, 3.05) is 18.3 Å². The van der Waals surface area contributed by atoms with Crippen LogP contribution in [0.4, 0.5) is 10.1 Å². The number of hydrogen-bond donors (Lipinski definition) is 2. The Morgan fingerprint density at radius 3 is 2.86 bits per heavy atom. The summed E-state index contributed by atoms with van der Waals surface area (Å²) in [4.78, 5) is 0.0130. The highest BCUT2D eigenvalue weighted by molar-refractivity contribution is 7.92. The molecule has 2 rings (SSSR count). The van der Waals surface area contributed by atoms with Crippen LogP contribution in [-0.4, -0.2) is 31.8 Å². The van der Waals surface area contributed by atoms with Gasteiger partial charge in [-0.15, -0.1) is 0 Å². The lowest BCUT2D eigenvalue weighted by Gasteiger charge is -2.07. The van der Waals surface area contributed by atoms with Gasteiger partial charge < -0.3 is 5.32 Å². The van der Waals surface area contributed by atoms with Crippen LogP contribution in [0.3, 0.4) is 0 Å². The molecule has 0 aliphatic rings. The topological polar surface area (TPSA) is 76.0 Å². The van der Waals surface area contributed by atoms with Gasteiger partial charge >= 0.3 is 0 Å². The first-order valence-corrected chi connectivity index (χ1v) is 7.93. The summed E-state index contributed by atoms with van der Waals surface area (Å²) < 4.78 is 41.1. The second kappa shape index (κ2) is 6.42. The van der Waals surface area contributed by atoms with Gasteiger partial charge in [0.25, 0.3) is 10.0 Å². The minimum atomic E-state index is -3.81. The molecule has 0 saturated heterocycles. The molecule has 0 bridgehead atoms. The van der Waals surface area contributed by atoms with Gasteiger partial charge in [0.1, 0.15) is 10.7 Å². The number of hydrogen-bond acceptors (Lipinski definition) is 4. The van der Waals surface area contributed by atoms with Crippen molar-refractivity contribution in [3.8, 4) is 0 Å².